The summed E-state index contributed by atoms with van der Waals surface area (Å²) in [6.07, 6.45) is -4.76. The number of hydrogen-bond donors (Lipinski definition) is 1. The second-order valence-electron chi connectivity index (χ2n) is 4.75. The van der Waals surface area contributed by atoms with Crippen LogP contribution >= 0.6 is 0 Å². The Balaban J connectivity index is 2.43. The number of aromatic amines is 1. The molecule has 4 nitrogen and oxygen atoms in total. The first-order valence-corrected chi connectivity index (χ1v) is 6.22. The maximum atomic E-state index is 12.2. The molecule has 1 heterocycles. The first kappa shape index (κ1) is 15.1. The molecule has 112 valence electrons. The summed E-state index contributed by atoms with van der Waals surface area (Å²) in [5.41, 5.74) is 0.325. The highest BCUT2D eigenvalue weighted by atomic mass is 19.4. The summed E-state index contributed by atoms with van der Waals surface area (Å²) in [5, 5.41) is 0. The average Bonchev–Trinajstić information content (AvgIpc) is 2.36. The zero-order chi connectivity index (χ0) is 15.6. The highest BCUT2D eigenvalue weighted by molar-refractivity contribution is 5.60. The number of hydrogen-bond acceptors (Lipinski definition) is 3. The number of benzene rings is 1. The van der Waals surface area contributed by atoms with Gasteiger partial charge in [0.15, 0.2) is 0 Å². The van der Waals surface area contributed by atoms with Gasteiger partial charge in [0.1, 0.15) is 11.6 Å². The Morgan fingerprint density at radius 2 is 1.95 bits per heavy atom. The molecule has 0 bridgehead atoms. The van der Waals surface area contributed by atoms with Crippen molar-refractivity contribution in [3.05, 3.63) is 46.5 Å². The van der Waals surface area contributed by atoms with Crippen molar-refractivity contribution in [1.29, 1.82) is 0 Å². The van der Waals surface area contributed by atoms with Gasteiger partial charge in [0, 0.05) is 17.5 Å². The Kier molecular flexibility index (Phi) is 4.02. The van der Waals surface area contributed by atoms with Crippen molar-refractivity contribution in [3.63, 3.8) is 0 Å². The Bertz CT molecular complexity index is 693. The summed E-state index contributed by atoms with van der Waals surface area (Å²) in [7, 11) is 0. The molecule has 1 aromatic heterocycles. The van der Waals surface area contributed by atoms with Gasteiger partial charge in [0.25, 0.3) is 5.56 Å². The molecule has 2 aromatic rings. The lowest BCUT2D eigenvalue weighted by molar-refractivity contribution is -0.274. The Morgan fingerprint density at radius 3 is 2.57 bits per heavy atom. The predicted molar refractivity (Wildman–Crippen MR) is 71.1 cm³/mol. The van der Waals surface area contributed by atoms with Crippen LogP contribution < -0.4 is 10.3 Å². The van der Waals surface area contributed by atoms with Gasteiger partial charge in [-0.1, -0.05) is 26.0 Å². The molecule has 0 atom stereocenters. The molecule has 1 aromatic carbocycles. The maximum Gasteiger partial charge on any atom is 0.573 e. The van der Waals surface area contributed by atoms with Gasteiger partial charge < -0.3 is 9.72 Å². The van der Waals surface area contributed by atoms with Gasteiger partial charge in [-0.3, -0.25) is 4.79 Å². The zero-order valence-electron chi connectivity index (χ0n) is 11.4. The number of nitrogens with one attached hydrogen (secondary N) is 1. The second kappa shape index (κ2) is 5.59. The molecular weight excluding hydrogens is 285 g/mol. The summed E-state index contributed by atoms with van der Waals surface area (Å²) in [6.45, 7) is 3.70. The van der Waals surface area contributed by atoms with Crippen LogP contribution in [-0.4, -0.2) is 16.3 Å². The van der Waals surface area contributed by atoms with Gasteiger partial charge >= 0.3 is 6.36 Å². The number of aromatic nitrogens is 2. The van der Waals surface area contributed by atoms with Crippen molar-refractivity contribution in [3.8, 4) is 17.0 Å². The van der Waals surface area contributed by atoms with E-state index < -0.39 is 6.36 Å². The molecule has 0 spiro atoms. The van der Waals surface area contributed by atoms with Crippen molar-refractivity contribution in [2.75, 3.05) is 0 Å². The Labute approximate surface area is 118 Å². The fourth-order valence-electron chi connectivity index (χ4n) is 1.75. The van der Waals surface area contributed by atoms with Crippen LogP contribution in [0.1, 0.15) is 25.6 Å². The highest BCUT2D eigenvalue weighted by Crippen LogP contribution is 2.27. The van der Waals surface area contributed by atoms with E-state index >= 15 is 0 Å². The van der Waals surface area contributed by atoms with E-state index in [1.165, 1.54) is 24.3 Å². The fourth-order valence-corrected chi connectivity index (χ4v) is 1.75. The van der Waals surface area contributed by atoms with E-state index in [4.69, 9.17) is 0 Å². The highest BCUT2D eigenvalue weighted by Gasteiger charge is 2.31. The molecule has 0 saturated heterocycles. The van der Waals surface area contributed by atoms with Crippen molar-refractivity contribution in [2.24, 2.45) is 0 Å². The summed E-state index contributed by atoms with van der Waals surface area (Å²) in [5.74, 6) is 0.111. The van der Waals surface area contributed by atoms with Crippen LogP contribution in [0.3, 0.4) is 0 Å². The van der Waals surface area contributed by atoms with Crippen LogP contribution in [-0.2, 0) is 0 Å². The molecule has 0 unspecified atom stereocenters. The van der Waals surface area contributed by atoms with Crippen LogP contribution in [0.15, 0.2) is 35.1 Å². The molecule has 0 aliphatic heterocycles. The normalized spacial score (nSPS) is 11.7. The maximum absolute atomic E-state index is 12.2. The molecular formula is C14H13F3N2O2. The lowest BCUT2D eigenvalue weighted by atomic mass is 10.1. The quantitative estimate of drug-likeness (QED) is 0.944. The van der Waals surface area contributed by atoms with Crippen molar-refractivity contribution in [2.45, 2.75) is 26.1 Å². The Morgan fingerprint density at radius 1 is 1.24 bits per heavy atom. The summed E-state index contributed by atoms with van der Waals surface area (Å²) in [6, 6.07) is 6.59. The van der Waals surface area contributed by atoms with Crippen LogP contribution in [0.25, 0.3) is 11.3 Å². The van der Waals surface area contributed by atoms with Gasteiger partial charge in [-0.15, -0.1) is 13.2 Å². The van der Waals surface area contributed by atoms with E-state index in [1.54, 1.807) is 6.07 Å². The first-order valence-electron chi connectivity index (χ1n) is 6.22. The van der Waals surface area contributed by atoms with Gasteiger partial charge in [-0.25, -0.2) is 4.98 Å². The minimum atomic E-state index is -4.76. The van der Waals surface area contributed by atoms with E-state index in [0.717, 1.165) is 0 Å². The second-order valence-corrected chi connectivity index (χ2v) is 4.75. The lowest BCUT2D eigenvalue weighted by Gasteiger charge is -2.10. The van der Waals surface area contributed by atoms with Gasteiger partial charge in [0.2, 0.25) is 0 Å². The fraction of sp³-hybridized carbons (Fsp3) is 0.286. The van der Waals surface area contributed by atoms with E-state index in [2.05, 4.69) is 14.7 Å². The number of rotatable bonds is 3. The number of H-pyrrole nitrogens is 1. The average molecular weight is 298 g/mol. The molecule has 21 heavy (non-hydrogen) atoms. The molecule has 7 heteroatoms. The van der Waals surface area contributed by atoms with Crippen molar-refractivity contribution in [1.82, 2.24) is 9.97 Å². The number of halogens is 3. The lowest BCUT2D eigenvalue weighted by Crippen LogP contribution is -2.17. The van der Waals surface area contributed by atoms with Crippen molar-refractivity contribution < 1.29 is 17.9 Å². The third-order valence-electron chi connectivity index (χ3n) is 2.67. The first-order chi connectivity index (χ1) is 9.74. The van der Waals surface area contributed by atoms with E-state index in [9.17, 15) is 18.0 Å². The minimum absolute atomic E-state index is 0.00717. The van der Waals surface area contributed by atoms with Gasteiger partial charge in [-0.05, 0) is 12.1 Å². The molecule has 0 aliphatic rings. The molecule has 0 radical (unpaired) electrons. The zero-order valence-corrected chi connectivity index (χ0v) is 11.4. The SMILES string of the molecule is CC(C)c1nc(-c2cccc(OC(F)(F)F)c2)cc(=O)[nH]1. The topological polar surface area (TPSA) is 55.0 Å². The smallest absolute Gasteiger partial charge is 0.406 e. The third-order valence-corrected chi connectivity index (χ3v) is 2.67. The Hall–Kier alpha value is -2.31. The van der Waals surface area contributed by atoms with Crippen LogP contribution in [0.2, 0.25) is 0 Å². The van der Waals surface area contributed by atoms with E-state index in [0.29, 0.717) is 17.1 Å². The number of ether oxygens (including phenoxy) is 1. The predicted octanol–water partition coefficient (Wildman–Crippen LogP) is 3.46. The van der Waals surface area contributed by atoms with Gasteiger partial charge in [-0.2, -0.15) is 0 Å². The van der Waals surface area contributed by atoms with Crippen LogP contribution in [0.5, 0.6) is 5.75 Å². The standard InChI is InChI=1S/C14H13F3N2O2/c1-8(2)13-18-11(7-12(20)19-13)9-4-3-5-10(6-9)21-14(15,16)17/h3-8H,1-2H3,(H,18,19,20). The van der Waals surface area contributed by atoms with E-state index in [1.807, 2.05) is 13.8 Å². The van der Waals surface area contributed by atoms with E-state index in [-0.39, 0.29) is 17.2 Å². The summed E-state index contributed by atoms with van der Waals surface area (Å²) in [4.78, 5) is 18.4. The summed E-state index contributed by atoms with van der Waals surface area (Å²) >= 11 is 0. The van der Waals surface area contributed by atoms with Gasteiger partial charge in [0.05, 0.1) is 5.69 Å². The molecule has 0 amide bonds. The monoisotopic (exact) mass is 298 g/mol. The van der Waals surface area contributed by atoms with Crippen molar-refractivity contribution >= 4 is 0 Å². The number of nitrogens with zero attached hydrogens (tertiary/aromatic N) is 1. The number of alkyl halides is 3. The summed E-state index contributed by atoms with van der Waals surface area (Å²) < 4.78 is 40.5. The largest absolute Gasteiger partial charge is 0.573 e. The molecule has 0 fully saturated rings. The molecule has 0 aliphatic carbocycles. The van der Waals surface area contributed by atoms with Crippen LogP contribution in [0, 0.1) is 0 Å². The molecule has 2 rings (SSSR count). The molecule has 1 N–H and O–H groups in total. The third kappa shape index (κ3) is 4.08. The molecule has 0 saturated carbocycles. The minimum Gasteiger partial charge on any atom is -0.406 e. The van der Waals surface area contributed by atoms with Crippen LogP contribution in [0.4, 0.5) is 13.2 Å².